The highest BCUT2D eigenvalue weighted by Crippen LogP contribution is 2.35. The standard InChI is InChI=1S/C25H24N4O4/c1-31-14-20-23(16-6-10-19(33-3)11-7-16)25-27-26-24-21(29(25)28-20)12-17(13-22(24)30)15-4-8-18(32-2)9-5-15/h4-11,17H,12-14H2,1-3H3/t17-/m1/s1. The zero-order valence-electron chi connectivity index (χ0n) is 18.7. The van der Waals surface area contributed by atoms with Crippen LogP contribution in [-0.2, 0) is 17.8 Å². The second-order valence-corrected chi connectivity index (χ2v) is 8.02. The molecule has 2 aromatic heterocycles. The van der Waals surface area contributed by atoms with E-state index in [0.717, 1.165) is 39.6 Å². The number of aromatic nitrogens is 4. The summed E-state index contributed by atoms with van der Waals surface area (Å²) in [6.45, 7) is 0.315. The van der Waals surface area contributed by atoms with Crippen molar-refractivity contribution in [3.05, 3.63) is 71.2 Å². The number of nitrogens with zero attached hydrogens (tertiary/aromatic N) is 4. The highest BCUT2D eigenvalue weighted by Gasteiger charge is 2.32. The van der Waals surface area contributed by atoms with E-state index in [1.54, 1.807) is 25.8 Å². The second kappa shape index (κ2) is 8.63. The molecule has 0 radical (unpaired) electrons. The van der Waals surface area contributed by atoms with Crippen molar-refractivity contribution in [1.82, 2.24) is 19.8 Å². The fourth-order valence-corrected chi connectivity index (χ4v) is 4.42. The first kappa shape index (κ1) is 21.1. The van der Waals surface area contributed by atoms with E-state index in [1.807, 2.05) is 48.5 Å². The number of ketones is 1. The molecule has 1 atom stereocenters. The number of hydrogen-bond acceptors (Lipinski definition) is 7. The molecule has 8 nitrogen and oxygen atoms in total. The summed E-state index contributed by atoms with van der Waals surface area (Å²) < 4.78 is 17.7. The van der Waals surface area contributed by atoms with Crippen molar-refractivity contribution in [2.75, 3.05) is 21.3 Å². The number of hydrogen-bond donors (Lipinski definition) is 0. The molecule has 0 amide bonds. The molecule has 0 saturated heterocycles. The van der Waals surface area contributed by atoms with E-state index in [4.69, 9.17) is 19.3 Å². The molecule has 1 aliphatic rings. The second-order valence-electron chi connectivity index (χ2n) is 8.02. The normalized spacial score (nSPS) is 15.5. The topological polar surface area (TPSA) is 87.8 Å². The summed E-state index contributed by atoms with van der Waals surface area (Å²) in [6.07, 6.45) is 1.02. The number of carbonyl (C=O) groups excluding carboxylic acids is 1. The lowest BCUT2D eigenvalue weighted by atomic mass is 9.83. The molecule has 4 aromatic rings. The van der Waals surface area contributed by atoms with Crippen LogP contribution in [-0.4, -0.2) is 46.9 Å². The number of fused-ring (bicyclic) bond motifs is 3. The number of benzene rings is 2. The zero-order valence-corrected chi connectivity index (χ0v) is 18.7. The molecule has 0 bridgehead atoms. The number of Topliss-reactive ketones (excluding diaryl/α,β-unsaturated/α-hetero) is 1. The average Bonchev–Trinajstić information content (AvgIpc) is 3.23. The van der Waals surface area contributed by atoms with Crippen LogP contribution in [0.25, 0.3) is 16.8 Å². The maximum Gasteiger partial charge on any atom is 0.185 e. The van der Waals surface area contributed by atoms with E-state index in [-0.39, 0.29) is 11.7 Å². The van der Waals surface area contributed by atoms with Gasteiger partial charge in [-0.2, -0.15) is 5.10 Å². The Morgan fingerprint density at radius 2 is 1.58 bits per heavy atom. The van der Waals surface area contributed by atoms with Crippen molar-refractivity contribution >= 4 is 11.4 Å². The van der Waals surface area contributed by atoms with E-state index in [0.29, 0.717) is 30.8 Å². The third-order valence-electron chi connectivity index (χ3n) is 6.09. The van der Waals surface area contributed by atoms with Gasteiger partial charge in [0.05, 0.1) is 37.8 Å². The molecule has 0 saturated carbocycles. The zero-order chi connectivity index (χ0) is 22.9. The van der Waals surface area contributed by atoms with Crippen LogP contribution >= 0.6 is 0 Å². The van der Waals surface area contributed by atoms with Gasteiger partial charge in [-0.1, -0.05) is 24.3 Å². The van der Waals surface area contributed by atoms with E-state index in [1.165, 1.54) is 0 Å². The summed E-state index contributed by atoms with van der Waals surface area (Å²) >= 11 is 0. The molecule has 168 valence electrons. The summed E-state index contributed by atoms with van der Waals surface area (Å²) in [5, 5.41) is 13.6. The highest BCUT2D eigenvalue weighted by molar-refractivity contribution is 5.97. The van der Waals surface area contributed by atoms with Gasteiger partial charge in [0.25, 0.3) is 0 Å². The van der Waals surface area contributed by atoms with Crippen molar-refractivity contribution in [2.24, 2.45) is 0 Å². The Kier molecular flexibility index (Phi) is 5.51. The third-order valence-corrected chi connectivity index (χ3v) is 6.09. The van der Waals surface area contributed by atoms with E-state index in [9.17, 15) is 4.79 Å². The molecule has 0 fully saturated rings. The van der Waals surface area contributed by atoms with Gasteiger partial charge in [-0.3, -0.25) is 4.79 Å². The first-order valence-electron chi connectivity index (χ1n) is 10.7. The predicted octanol–water partition coefficient (Wildman–Crippen LogP) is 3.87. The van der Waals surface area contributed by atoms with Gasteiger partial charge in [-0.25, -0.2) is 4.52 Å². The maximum absolute atomic E-state index is 13.0. The molecule has 0 N–H and O–H groups in total. The minimum Gasteiger partial charge on any atom is -0.497 e. The molecule has 1 aliphatic carbocycles. The van der Waals surface area contributed by atoms with Crippen LogP contribution in [0.4, 0.5) is 0 Å². The van der Waals surface area contributed by atoms with Crippen LogP contribution in [0.2, 0.25) is 0 Å². The average molecular weight is 444 g/mol. The Bertz CT molecular complexity index is 1310. The largest absolute Gasteiger partial charge is 0.497 e. The van der Waals surface area contributed by atoms with Gasteiger partial charge in [-0.05, 0) is 47.7 Å². The van der Waals surface area contributed by atoms with Crippen molar-refractivity contribution in [3.8, 4) is 22.6 Å². The Morgan fingerprint density at radius 3 is 2.21 bits per heavy atom. The highest BCUT2D eigenvalue weighted by atomic mass is 16.5. The first-order chi connectivity index (χ1) is 16.1. The van der Waals surface area contributed by atoms with Crippen molar-refractivity contribution in [3.63, 3.8) is 0 Å². The Balaban J connectivity index is 1.62. The van der Waals surface area contributed by atoms with Crippen LogP contribution in [0, 0.1) is 0 Å². The van der Waals surface area contributed by atoms with E-state index in [2.05, 4.69) is 10.2 Å². The van der Waals surface area contributed by atoms with Gasteiger partial charge < -0.3 is 14.2 Å². The van der Waals surface area contributed by atoms with Gasteiger partial charge in [-0.15, -0.1) is 10.2 Å². The van der Waals surface area contributed by atoms with Crippen molar-refractivity contribution in [2.45, 2.75) is 25.4 Å². The molecule has 5 rings (SSSR count). The van der Waals surface area contributed by atoms with Crippen LogP contribution in [0.15, 0.2) is 48.5 Å². The first-order valence-corrected chi connectivity index (χ1v) is 10.7. The molecule has 2 heterocycles. The minimum atomic E-state index is -0.0266. The smallest absolute Gasteiger partial charge is 0.185 e. The van der Waals surface area contributed by atoms with E-state index >= 15 is 0 Å². The summed E-state index contributed by atoms with van der Waals surface area (Å²) in [7, 11) is 4.90. The number of methoxy groups -OCH3 is 3. The van der Waals surface area contributed by atoms with E-state index < -0.39 is 0 Å². The SMILES string of the molecule is COCc1nn2c3c(nnc2c1-c1ccc(OC)cc1)C(=O)C[C@H](c1ccc(OC)cc1)C3. The Labute approximate surface area is 191 Å². The summed E-state index contributed by atoms with van der Waals surface area (Å²) in [5.74, 6) is 1.55. The molecule has 8 heteroatoms. The van der Waals surface area contributed by atoms with Crippen molar-refractivity contribution in [1.29, 1.82) is 0 Å². The fraction of sp³-hybridized carbons (Fsp3) is 0.280. The third kappa shape index (κ3) is 3.72. The monoisotopic (exact) mass is 444 g/mol. The summed E-state index contributed by atoms with van der Waals surface area (Å²) in [4.78, 5) is 13.0. The molecular formula is C25H24N4O4. The van der Waals surface area contributed by atoms with Gasteiger partial charge in [0.2, 0.25) is 0 Å². The molecule has 0 unspecified atom stereocenters. The summed E-state index contributed by atoms with van der Waals surface area (Å²) in [6, 6.07) is 15.6. The molecule has 0 spiro atoms. The molecule has 0 aliphatic heterocycles. The van der Waals surface area contributed by atoms with Gasteiger partial charge in [0.1, 0.15) is 11.5 Å². The van der Waals surface area contributed by atoms with Crippen molar-refractivity contribution < 1.29 is 19.0 Å². The van der Waals surface area contributed by atoms with Gasteiger partial charge >= 0.3 is 0 Å². The lowest BCUT2D eigenvalue weighted by Crippen LogP contribution is -2.24. The quantitative estimate of drug-likeness (QED) is 0.446. The fourth-order valence-electron chi connectivity index (χ4n) is 4.42. The number of ether oxygens (including phenoxy) is 3. The maximum atomic E-state index is 13.0. The summed E-state index contributed by atoms with van der Waals surface area (Å²) in [5.41, 5.74) is 5.36. The van der Waals surface area contributed by atoms with Crippen LogP contribution in [0.1, 0.15) is 39.8 Å². The molecule has 2 aromatic carbocycles. The van der Waals surface area contributed by atoms with Crippen LogP contribution in [0.5, 0.6) is 11.5 Å². The Hall–Kier alpha value is -3.78. The minimum absolute atomic E-state index is 0.0266. The molecule has 33 heavy (non-hydrogen) atoms. The Morgan fingerprint density at radius 1 is 0.909 bits per heavy atom. The number of carbonyl (C=O) groups is 1. The van der Waals surface area contributed by atoms with Crippen LogP contribution < -0.4 is 9.47 Å². The number of rotatable bonds is 6. The van der Waals surface area contributed by atoms with Crippen LogP contribution in [0.3, 0.4) is 0 Å². The van der Waals surface area contributed by atoms with Gasteiger partial charge in [0, 0.05) is 13.5 Å². The lowest BCUT2D eigenvalue weighted by Gasteiger charge is -2.23. The predicted molar refractivity (Wildman–Crippen MR) is 122 cm³/mol. The lowest BCUT2D eigenvalue weighted by molar-refractivity contribution is 0.0955. The molecular weight excluding hydrogens is 420 g/mol. The van der Waals surface area contributed by atoms with Gasteiger partial charge in [0.15, 0.2) is 17.1 Å².